The van der Waals surface area contributed by atoms with Crippen LogP contribution in [0.1, 0.15) is 31.2 Å². The summed E-state index contributed by atoms with van der Waals surface area (Å²) in [7, 11) is 3.78. The molecule has 3 heterocycles. The number of anilines is 2. The maximum atomic E-state index is 14.7. The van der Waals surface area contributed by atoms with Gasteiger partial charge in [-0.25, -0.2) is 14.4 Å². The molecule has 0 spiro atoms. The number of hydrogen-bond donors (Lipinski definition) is 0. The predicted octanol–water partition coefficient (Wildman–Crippen LogP) is 5.56. The molecule has 0 radical (unpaired) electrons. The van der Waals surface area contributed by atoms with Gasteiger partial charge in [0.2, 0.25) is 0 Å². The van der Waals surface area contributed by atoms with E-state index in [0.29, 0.717) is 11.4 Å². The summed E-state index contributed by atoms with van der Waals surface area (Å²) in [6, 6.07) is 16.8. The van der Waals surface area contributed by atoms with E-state index in [1.54, 1.807) is 13.2 Å². The van der Waals surface area contributed by atoms with Gasteiger partial charge in [0.05, 0.1) is 11.3 Å². The highest BCUT2D eigenvalue weighted by molar-refractivity contribution is 5.90. The second kappa shape index (κ2) is 11.0. The van der Waals surface area contributed by atoms with Crippen LogP contribution in [0.5, 0.6) is 0 Å². The highest BCUT2D eigenvalue weighted by Gasteiger charge is 2.22. The standard InChI is InChI=1S/C29H31FN6O/c1-34(15-6-18-37-2)23-9-11-24(12-10-23)36-28(21-7-8-22(20-31)25(30)19-21)33-27-26(13-14-32-29(27)36)35-16-4-3-5-17-35/h7-14,19H,3-6,15-18H2,1-2H3. The second-order valence-electron chi connectivity index (χ2n) is 9.41. The molecule has 1 fully saturated rings. The molecule has 1 aliphatic rings. The second-order valence-corrected chi connectivity index (χ2v) is 9.41. The van der Waals surface area contributed by atoms with E-state index in [-0.39, 0.29) is 5.56 Å². The van der Waals surface area contributed by atoms with Gasteiger partial charge in [-0.15, -0.1) is 0 Å². The number of nitrogens with zero attached hydrogens (tertiary/aromatic N) is 6. The van der Waals surface area contributed by atoms with Gasteiger partial charge in [0.15, 0.2) is 5.65 Å². The third-order valence-corrected chi connectivity index (χ3v) is 6.96. The SMILES string of the molecule is COCCCN(C)c1ccc(-n2c(-c3ccc(C#N)c(F)c3)nc3c(N4CCCCC4)ccnc32)cc1. The number of ether oxygens (including phenoxy) is 1. The van der Waals surface area contributed by atoms with Crippen LogP contribution in [-0.2, 0) is 4.74 Å². The zero-order valence-electron chi connectivity index (χ0n) is 21.3. The number of pyridine rings is 1. The molecule has 0 saturated carbocycles. The lowest BCUT2D eigenvalue weighted by molar-refractivity contribution is 0.196. The number of rotatable bonds is 8. The Labute approximate surface area is 216 Å². The van der Waals surface area contributed by atoms with E-state index in [4.69, 9.17) is 14.7 Å². The topological polar surface area (TPSA) is 70.2 Å². The van der Waals surface area contributed by atoms with E-state index >= 15 is 0 Å². The molecule has 0 amide bonds. The van der Waals surface area contributed by atoms with Crippen LogP contribution in [0.3, 0.4) is 0 Å². The number of benzene rings is 2. The lowest BCUT2D eigenvalue weighted by atomic mass is 10.1. The molecule has 2 aromatic carbocycles. The number of methoxy groups -OCH3 is 1. The number of imidazole rings is 1. The first-order chi connectivity index (χ1) is 18.1. The molecule has 2 aromatic heterocycles. The Morgan fingerprint density at radius 2 is 1.86 bits per heavy atom. The summed E-state index contributed by atoms with van der Waals surface area (Å²) >= 11 is 0. The van der Waals surface area contributed by atoms with Crippen LogP contribution in [0.25, 0.3) is 28.2 Å². The minimum atomic E-state index is -0.559. The van der Waals surface area contributed by atoms with Gasteiger partial charge in [-0.05, 0) is 74.2 Å². The van der Waals surface area contributed by atoms with E-state index in [1.807, 2.05) is 35.0 Å². The Hall–Kier alpha value is -3.96. The average molecular weight is 499 g/mol. The molecule has 8 heteroatoms. The smallest absolute Gasteiger partial charge is 0.167 e. The quantitative estimate of drug-likeness (QED) is 0.296. The molecule has 0 atom stereocenters. The van der Waals surface area contributed by atoms with E-state index in [0.717, 1.165) is 73.7 Å². The summed E-state index contributed by atoms with van der Waals surface area (Å²) in [6.45, 7) is 3.57. The van der Waals surface area contributed by atoms with Crippen molar-refractivity contribution in [3.05, 3.63) is 66.1 Å². The van der Waals surface area contributed by atoms with Crippen molar-refractivity contribution in [2.24, 2.45) is 0 Å². The van der Waals surface area contributed by atoms with Crippen molar-refractivity contribution in [1.82, 2.24) is 14.5 Å². The minimum absolute atomic E-state index is 0.0133. The number of piperidine rings is 1. The fraction of sp³-hybridized carbons (Fsp3) is 0.345. The van der Waals surface area contributed by atoms with Crippen molar-refractivity contribution in [3.8, 4) is 23.1 Å². The molecule has 4 aromatic rings. The van der Waals surface area contributed by atoms with Crippen LogP contribution in [0, 0.1) is 17.1 Å². The minimum Gasteiger partial charge on any atom is -0.385 e. The fourth-order valence-corrected chi connectivity index (χ4v) is 4.96. The largest absolute Gasteiger partial charge is 0.385 e. The first-order valence-corrected chi connectivity index (χ1v) is 12.7. The predicted molar refractivity (Wildman–Crippen MR) is 145 cm³/mol. The first-order valence-electron chi connectivity index (χ1n) is 12.7. The van der Waals surface area contributed by atoms with Gasteiger partial charge < -0.3 is 14.5 Å². The van der Waals surface area contributed by atoms with E-state index in [2.05, 4.69) is 29.0 Å². The molecule has 0 unspecified atom stereocenters. The van der Waals surface area contributed by atoms with Crippen molar-refractivity contribution < 1.29 is 9.13 Å². The van der Waals surface area contributed by atoms with Crippen LogP contribution >= 0.6 is 0 Å². The van der Waals surface area contributed by atoms with E-state index in [9.17, 15) is 9.65 Å². The van der Waals surface area contributed by atoms with Crippen molar-refractivity contribution in [3.63, 3.8) is 0 Å². The third-order valence-electron chi connectivity index (χ3n) is 6.96. The number of halogens is 1. The zero-order valence-corrected chi connectivity index (χ0v) is 21.3. The van der Waals surface area contributed by atoms with Gasteiger partial charge >= 0.3 is 0 Å². The normalized spacial score (nSPS) is 13.6. The van der Waals surface area contributed by atoms with Gasteiger partial charge in [-0.2, -0.15) is 5.26 Å². The van der Waals surface area contributed by atoms with Crippen molar-refractivity contribution >= 4 is 22.5 Å². The monoisotopic (exact) mass is 498 g/mol. The summed E-state index contributed by atoms with van der Waals surface area (Å²) in [6.07, 6.45) is 6.31. The van der Waals surface area contributed by atoms with Crippen LogP contribution in [0.15, 0.2) is 54.7 Å². The summed E-state index contributed by atoms with van der Waals surface area (Å²) in [4.78, 5) is 14.3. The number of hydrogen-bond acceptors (Lipinski definition) is 6. The van der Waals surface area contributed by atoms with E-state index in [1.165, 1.54) is 18.6 Å². The van der Waals surface area contributed by atoms with Crippen molar-refractivity contribution in [1.29, 1.82) is 5.26 Å². The number of aromatic nitrogens is 3. The third kappa shape index (κ3) is 5.00. The Kier molecular flexibility index (Phi) is 7.33. The maximum absolute atomic E-state index is 14.7. The van der Waals surface area contributed by atoms with Crippen molar-refractivity contribution in [2.75, 3.05) is 50.2 Å². The maximum Gasteiger partial charge on any atom is 0.167 e. The molecule has 0 aliphatic carbocycles. The average Bonchev–Trinajstić information content (AvgIpc) is 3.33. The Bertz CT molecular complexity index is 1420. The van der Waals surface area contributed by atoms with Gasteiger partial charge in [0.25, 0.3) is 0 Å². The zero-order chi connectivity index (χ0) is 25.8. The molecular weight excluding hydrogens is 467 g/mol. The molecule has 7 nitrogen and oxygen atoms in total. The van der Waals surface area contributed by atoms with Crippen LogP contribution in [0.4, 0.5) is 15.8 Å². The summed E-state index contributed by atoms with van der Waals surface area (Å²) in [5, 5.41) is 9.21. The molecular formula is C29H31FN6O. The Morgan fingerprint density at radius 3 is 2.57 bits per heavy atom. The van der Waals surface area contributed by atoms with Crippen LogP contribution in [-0.4, -0.2) is 54.9 Å². The molecule has 5 rings (SSSR count). The number of fused-ring (bicyclic) bond motifs is 1. The number of nitriles is 1. The Morgan fingerprint density at radius 1 is 1.08 bits per heavy atom. The molecule has 0 bridgehead atoms. The Balaban J connectivity index is 1.62. The van der Waals surface area contributed by atoms with E-state index < -0.39 is 5.82 Å². The highest BCUT2D eigenvalue weighted by atomic mass is 19.1. The van der Waals surface area contributed by atoms with Gasteiger partial charge in [-0.3, -0.25) is 4.57 Å². The lowest BCUT2D eigenvalue weighted by Gasteiger charge is -2.28. The highest BCUT2D eigenvalue weighted by Crippen LogP contribution is 2.34. The molecule has 190 valence electrons. The molecule has 1 aliphatic heterocycles. The van der Waals surface area contributed by atoms with Gasteiger partial charge in [0.1, 0.15) is 23.2 Å². The summed E-state index contributed by atoms with van der Waals surface area (Å²) in [5.74, 6) is 0.0346. The molecule has 0 N–H and O–H groups in total. The van der Waals surface area contributed by atoms with Crippen LogP contribution < -0.4 is 9.80 Å². The van der Waals surface area contributed by atoms with Gasteiger partial charge in [0, 0.05) is 63.5 Å². The molecule has 1 saturated heterocycles. The fourth-order valence-electron chi connectivity index (χ4n) is 4.96. The summed E-state index contributed by atoms with van der Waals surface area (Å²) in [5.41, 5.74) is 5.17. The van der Waals surface area contributed by atoms with Crippen LogP contribution in [0.2, 0.25) is 0 Å². The first kappa shape index (κ1) is 24.7. The van der Waals surface area contributed by atoms with Gasteiger partial charge in [-0.1, -0.05) is 0 Å². The summed E-state index contributed by atoms with van der Waals surface area (Å²) < 4.78 is 21.8. The molecule has 37 heavy (non-hydrogen) atoms. The lowest BCUT2D eigenvalue weighted by Crippen LogP contribution is -2.29. The van der Waals surface area contributed by atoms with Crippen molar-refractivity contribution in [2.45, 2.75) is 25.7 Å².